The van der Waals surface area contributed by atoms with Gasteiger partial charge in [-0.25, -0.2) is 8.42 Å². The summed E-state index contributed by atoms with van der Waals surface area (Å²) in [6.45, 7) is 3.81. The Morgan fingerprint density at radius 2 is 1.50 bits per heavy atom. The van der Waals surface area contributed by atoms with E-state index in [1.165, 1.54) is 4.90 Å². The maximum atomic E-state index is 13.7. The van der Waals surface area contributed by atoms with E-state index < -0.39 is 28.5 Å². The first kappa shape index (κ1) is 30.5. The number of sulfonamides is 1. The number of benzene rings is 3. The molecule has 214 valence electrons. The maximum absolute atomic E-state index is 13.7. The first-order valence-corrected chi connectivity index (χ1v) is 15.0. The average Bonchev–Trinajstić information content (AvgIpc) is 2.95. The predicted octanol–water partition coefficient (Wildman–Crippen LogP) is 4.59. The SMILES string of the molecule is CCCCNC(=O)[C@H](C)N(Cc1ccc(OC)cc1)C(=O)CN(c1ccc(Oc2ccccc2)cc1)S(C)(=O)=O. The molecule has 40 heavy (non-hydrogen) atoms. The van der Waals surface area contributed by atoms with Gasteiger partial charge in [0.1, 0.15) is 29.8 Å². The molecule has 1 atom stereocenters. The van der Waals surface area contributed by atoms with Gasteiger partial charge in [0.25, 0.3) is 0 Å². The molecule has 9 nitrogen and oxygen atoms in total. The number of methoxy groups -OCH3 is 1. The molecule has 10 heteroatoms. The van der Waals surface area contributed by atoms with Crippen molar-refractivity contribution >= 4 is 27.5 Å². The number of carbonyl (C=O) groups is 2. The molecule has 0 radical (unpaired) electrons. The molecule has 0 saturated carbocycles. The summed E-state index contributed by atoms with van der Waals surface area (Å²) in [6.07, 6.45) is 2.78. The van der Waals surface area contributed by atoms with Gasteiger partial charge in [-0.15, -0.1) is 0 Å². The molecule has 0 fully saturated rings. The highest BCUT2D eigenvalue weighted by Crippen LogP contribution is 2.26. The minimum atomic E-state index is -3.84. The Balaban J connectivity index is 1.84. The summed E-state index contributed by atoms with van der Waals surface area (Å²) >= 11 is 0. The number of carbonyl (C=O) groups excluding carboxylic acids is 2. The Labute approximate surface area is 236 Å². The molecule has 3 aromatic carbocycles. The lowest BCUT2D eigenvalue weighted by atomic mass is 10.1. The van der Waals surface area contributed by atoms with Crippen molar-refractivity contribution in [2.24, 2.45) is 0 Å². The molecule has 0 spiro atoms. The molecule has 0 heterocycles. The zero-order valence-electron chi connectivity index (χ0n) is 23.4. The first-order valence-electron chi connectivity index (χ1n) is 13.1. The Morgan fingerprint density at radius 1 is 0.900 bits per heavy atom. The normalized spacial score (nSPS) is 11.8. The lowest BCUT2D eigenvalue weighted by molar-refractivity contribution is -0.139. The third-order valence-electron chi connectivity index (χ3n) is 6.29. The van der Waals surface area contributed by atoms with Crippen LogP contribution in [0.4, 0.5) is 5.69 Å². The molecule has 3 rings (SSSR count). The number of rotatable bonds is 14. The molecule has 0 aliphatic carbocycles. The van der Waals surface area contributed by atoms with Gasteiger partial charge in [0, 0.05) is 13.1 Å². The number of ether oxygens (including phenoxy) is 2. The topological polar surface area (TPSA) is 105 Å². The number of nitrogens with one attached hydrogen (secondary N) is 1. The van der Waals surface area contributed by atoms with Gasteiger partial charge in [-0.05, 0) is 67.4 Å². The van der Waals surface area contributed by atoms with Crippen molar-refractivity contribution in [2.45, 2.75) is 39.3 Å². The number of nitrogens with zero attached hydrogens (tertiary/aromatic N) is 2. The van der Waals surface area contributed by atoms with Crippen LogP contribution in [0.3, 0.4) is 0 Å². The van der Waals surface area contributed by atoms with Crippen LogP contribution in [0.15, 0.2) is 78.9 Å². The molecule has 0 aliphatic heterocycles. The predicted molar refractivity (Wildman–Crippen MR) is 156 cm³/mol. The van der Waals surface area contributed by atoms with Crippen LogP contribution in [0.5, 0.6) is 17.2 Å². The van der Waals surface area contributed by atoms with Crippen molar-refractivity contribution in [1.82, 2.24) is 10.2 Å². The maximum Gasteiger partial charge on any atom is 0.244 e. The van der Waals surface area contributed by atoms with Crippen LogP contribution < -0.4 is 19.1 Å². The second-order valence-corrected chi connectivity index (χ2v) is 11.3. The smallest absolute Gasteiger partial charge is 0.244 e. The van der Waals surface area contributed by atoms with Gasteiger partial charge in [-0.2, -0.15) is 0 Å². The van der Waals surface area contributed by atoms with Gasteiger partial charge in [-0.3, -0.25) is 13.9 Å². The van der Waals surface area contributed by atoms with Crippen LogP contribution in [0.2, 0.25) is 0 Å². The zero-order valence-corrected chi connectivity index (χ0v) is 24.2. The van der Waals surface area contributed by atoms with E-state index in [0.29, 0.717) is 29.5 Å². The van der Waals surface area contributed by atoms with Crippen LogP contribution in [0, 0.1) is 0 Å². The molecular weight excluding hydrogens is 530 g/mol. The number of unbranched alkanes of at least 4 members (excludes halogenated alkanes) is 1. The lowest BCUT2D eigenvalue weighted by Crippen LogP contribution is -2.51. The average molecular weight is 568 g/mol. The van der Waals surface area contributed by atoms with Gasteiger partial charge in [0.2, 0.25) is 21.8 Å². The molecular formula is C30H37N3O6S. The van der Waals surface area contributed by atoms with Gasteiger partial charge < -0.3 is 19.7 Å². The molecule has 0 saturated heterocycles. The van der Waals surface area contributed by atoms with Crippen LogP contribution in [0.25, 0.3) is 0 Å². The summed E-state index contributed by atoms with van der Waals surface area (Å²) in [5.74, 6) is 1.02. The number of amides is 2. The zero-order chi connectivity index (χ0) is 29.1. The Kier molecular flexibility index (Phi) is 11.0. The van der Waals surface area contributed by atoms with E-state index in [1.54, 1.807) is 62.6 Å². The second-order valence-electron chi connectivity index (χ2n) is 9.37. The van der Waals surface area contributed by atoms with E-state index in [0.717, 1.165) is 29.0 Å². The van der Waals surface area contributed by atoms with Crippen molar-refractivity contribution in [3.63, 3.8) is 0 Å². The fraction of sp³-hybridized carbons (Fsp3) is 0.333. The minimum Gasteiger partial charge on any atom is -0.497 e. The summed E-state index contributed by atoms with van der Waals surface area (Å²) in [4.78, 5) is 28.0. The van der Waals surface area contributed by atoms with Crippen molar-refractivity contribution in [3.8, 4) is 17.2 Å². The van der Waals surface area contributed by atoms with Crippen LogP contribution >= 0.6 is 0 Å². The fourth-order valence-corrected chi connectivity index (χ4v) is 4.81. The minimum absolute atomic E-state index is 0.118. The molecule has 0 bridgehead atoms. The van der Waals surface area contributed by atoms with Crippen molar-refractivity contribution in [3.05, 3.63) is 84.4 Å². The first-order chi connectivity index (χ1) is 19.1. The summed E-state index contributed by atoms with van der Waals surface area (Å²) in [7, 11) is -2.27. The Bertz CT molecular complexity index is 1350. The summed E-state index contributed by atoms with van der Waals surface area (Å²) < 4.78 is 37.7. The third kappa shape index (κ3) is 8.74. The van der Waals surface area contributed by atoms with Crippen molar-refractivity contribution in [2.75, 3.05) is 30.8 Å². The number of anilines is 1. The highest BCUT2D eigenvalue weighted by atomic mass is 32.2. The lowest BCUT2D eigenvalue weighted by Gasteiger charge is -2.31. The van der Waals surface area contributed by atoms with E-state index in [-0.39, 0.29) is 12.5 Å². The largest absolute Gasteiger partial charge is 0.497 e. The molecule has 3 aromatic rings. The third-order valence-corrected chi connectivity index (χ3v) is 7.43. The van der Waals surface area contributed by atoms with E-state index in [9.17, 15) is 18.0 Å². The quantitative estimate of drug-likeness (QED) is 0.286. The molecule has 0 aromatic heterocycles. The van der Waals surface area contributed by atoms with E-state index >= 15 is 0 Å². The van der Waals surface area contributed by atoms with Gasteiger partial charge in [0.05, 0.1) is 19.1 Å². The van der Waals surface area contributed by atoms with E-state index in [2.05, 4.69) is 5.32 Å². The number of hydrogen-bond acceptors (Lipinski definition) is 6. The van der Waals surface area contributed by atoms with Crippen molar-refractivity contribution < 1.29 is 27.5 Å². The van der Waals surface area contributed by atoms with Gasteiger partial charge >= 0.3 is 0 Å². The second kappa shape index (κ2) is 14.4. The monoisotopic (exact) mass is 567 g/mol. The molecule has 1 N–H and O–H groups in total. The molecule has 0 aliphatic rings. The number of para-hydroxylation sites is 1. The fourth-order valence-electron chi connectivity index (χ4n) is 3.97. The Morgan fingerprint density at radius 3 is 2.08 bits per heavy atom. The summed E-state index contributed by atoms with van der Waals surface area (Å²) in [5, 5.41) is 2.87. The van der Waals surface area contributed by atoms with Crippen LogP contribution in [0.1, 0.15) is 32.3 Å². The standard InChI is InChI=1S/C30H37N3O6S/c1-5-6-20-31-30(35)23(2)32(21-24-12-16-26(38-3)17-13-24)29(34)22-33(40(4,36)37)25-14-18-28(19-15-25)39-27-10-8-7-9-11-27/h7-19,23H,5-6,20-22H2,1-4H3,(H,31,35)/t23-/m0/s1. The molecule has 2 amide bonds. The van der Waals surface area contributed by atoms with E-state index in [4.69, 9.17) is 9.47 Å². The van der Waals surface area contributed by atoms with E-state index in [1.807, 2.05) is 37.3 Å². The molecule has 0 unspecified atom stereocenters. The summed E-state index contributed by atoms with van der Waals surface area (Å²) in [5.41, 5.74) is 1.08. The van der Waals surface area contributed by atoms with Crippen LogP contribution in [-0.4, -0.2) is 57.6 Å². The highest BCUT2D eigenvalue weighted by molar-refractivity contribution is 7.92. The van der Waals surface area contributed by atoms with Crippen molar-refractivity contribution in [1.29, 1.82) is 0 Å². The van der Waals surface area contributed by atoms with Gasteiger partial charge in [-0.1, -0.05) is 43.7 Å². The number of hydrogen-bond donors (Lipinski definition) is 1. The van der Waals surface area contributed by atoms with Gasteiger partial charge in [0.15, 0.2) is 0 Å². The Hall–Kier alpha value is -4.05. The highest BCUT2D eigenvalue weighted by Gasteiger charge is 2.30. The van der Waals surface area contributed by atoms with Crippen LogP contribution in [-0.2, 0) is 26.2 Å². The summed E-state index contributed by atoms with van der Waals surface area (Å²) in [6, 6.07) is 22.0.